The van der Waals surface area contributed by atoms with Crippen molar-refractivity contribution in [2.24, 2.45) is 5.92 Å². The molecule has 0 bridgehead atoms. The quantitative estimate of drug-likeness (QED) is 0.740. The fourth-order valence-corrected chi connectivity index (χ4v) is 1.80. The zero-order chi connectivity index (χ0) is 10.7. The first kappa shape index (κ1) is 11.0. The maximum atomic E-state index is 11.5. The number of hydrogen-bond donors (Lipinski definition) is 1. The molecule has 0 aromatic heterocycles. The number of likely N-dealkylation sites (tertiary alicyclic amines) is 1. The van der Waals surface area contributed by atoms with E-state index in [0.29, 0.717) is 31.7 Å². The summed E-state index contributed by atoms with van der Waals surface area (Å²) in [6.45, 7) is 4.53. The van der Waals surface area contributed by atoms with E-state index in [0.717, 1.165) is 0 Å². The number of nitrogens with zero attached hydrogens (tertiary/aromatic N) is 1. The number of aliphatic carboxylic acids is 1. The van der Waals surface area contributed by atoms with Gasteiger partial charge in [0.1, 0.15) is 6.04 Å². The number of rotatable bonds is 3. The van der Waals surface area contributed by atoms with Crippen molar-refractivity contribution < 1.29 is 14.7 Å². The van der Waals surface area contributed by atoms with Gasteiger partial charge in [-0.3, -0.25) is 4.79 Å². The van der Waals surface area contributed by atoms with Gasteiger partial charge in [0, 0.05) is 13.0 Å². The zero-order valence-corrected chi connectivity index (χ0v) is 8.69. The van der Waals surface area contributed by atoms with Crippen molar-refractivity contribution in [3.63, 3.8) is 0 Å². The summed E-state index contributed by atoms with van der Waals surface area (Å²) < 4.78 is 0. The van der Waals surface area contributed by atoms with Crippen molar-refractivity contribution in [1.29, 1.82) is 0 Å². The van der Waals surface area contributed by atoms with Gasteiger partial charge in [0.15, 0.2) is 0 Å². The number of piperidine rings is 1. The minimum atomic E-state index is -0.876. The molecule has 14 heavy (non-hydrogen) atoms. The highest BCUT2D eigenvalue weighted by Crippen LogP contribution is 2.19. The second-order valence-electron chi connectivity index (χ2n) is 4.19. The first-order valence-electron chi connectivity index (χ1n) is 5.04. The highest BCUT2D eigenvalue weighted by atomic mass is 16.4. The molecule has 1 saturated heterocycles. The van der Waals surface area contributed by atoms with Crippen LogP contribution in [0, 0.1) is 5.92 Å². The first-order valence-corrected chi connectivity index (χ1v) is 5.04. The molecule has 1 heterocycles. The normalized spacial score (nSPS) is 22.9. The standard InChI is InChI=1S/C10H17NO3/c1-7(2)6-11-8(10(13)14)4-3-5-9(11)12/h7-8H,3-6H2,1-2H3,(H,13,14). The summed E-state index contributed by atoms with van der Waals surface area (Å²) in [5.74, 6) is -0.574. The van der Waals surface area contributed by atoms with Crippen LogP contribution in [0.2, 0.25) is 0 Å². The fourth-order valence-electron chi connectivity index (χ4n) is 1.80. The van der Waals surface area contributed by atoms with Crippen molar-refractivity contribution in [3.05, 3.63) is 0 Å². The number of amides is 1. The SMILES string of the molecule is CC(C)CN1C(=O)CCCC1C(=O)O. The molecular formula is C10H17NO3. The number of carboxylic acid groups (broad SMARTS) is 1. The molecule has 0 spiro atoms. The Morgan fingerprint density at radius 1 is 1.64 bits per heavy atom. The summed E-state index contributed by atoms with van der Waals surface area (Å²) in [5.41, 5.74) is 0. The summed E-state index contributed by atoms with van der Waals surface area (Å²) in [6, 6.07) is -0.598. The molecule has 0 saturated carbocycles. The van der Waals surface area contributed by atoms with Crippen LogP contribution in [0.25, 0.3) is 0 Å². The van der Waals surface area contributed by atoms with E-state index >= 15 is 0 Å². The molecule has 1 unspecified atom stereocenters. The molecule has 0 aliphatic carbocycles. The summed E-state index contributed by atoms with van der Waals surface area (Å²) in [5, 5.41) is 8.95. The van der Waals surface area contributed by atoms with Crippen molar-refractivity contribution >= 4 is 11.9 Å². The second-order valence-corrected chi connectivity index (χ2v) is 4.19. The van der Waals surface area contributed by atoms with Gasteiger partial charge in [0.05, 0.1) is 0 Å². The van der Waals surface area contributed by atoms with Crippen molar-refractivity contribution in [2.45, 2.75) is 39.2 Å². The molecular weight excluding hydrogens is 182 g/mol. The van der Waals surface area contributed by atoms with Gasteiger partial charge in [-0.25, -0.2) is 4.79 Å². The van der Waals surface area contributed by atoms with Gasteiger partial charge in [-0.2, -0.15) is 0 Å². The summed E-state index contributed by atoms with van der Waals surface area (Å²) in [7, 11) is 0. The van der Waals surface area contributed by atoms with E-state index in [1.165, 1.54) is 4.90 Å². The smallest absolute Gasteiger partial charge is 0.326 e. The summed E-state index contributed by atoms with van der Waals surface area (Å²) in [4.78, 5) is 23.9. The molecule has 0 radical (unpaired) electrons. The van der Waals surface area contributed by atoms with E-state index in [9.17, 15) is 9.59 Å². The van der Waals surface area contributed by atoms with Gasteiger partial charge in [0.25, 0.3) is 0 Å². The maximum Gasteiger partial charge on any atom is 0.326 e. The van der Waals surface area contributed by atoms with Crippen molar-refractivity contribution in [3.8, 4) is 0 Å². The average molecular weight is 199 g/mol. The first-order chi connectivity index (χ1) is 6.52. The van der Waals surface area contributed by atoms with Crippen molar-refractivity contribution in [1.82, 2.24) is 4.90 Å². The summed E-state index contributed by atoms with van der Waals surface area (Å²) in [6.07, 6.45) is 1.79. The lowest BCUT2D eigenvalue weighted by molar-refractivity contribution is -0.153. The molecule has 4 nitrogen and oxygen atoms in total. The molecule has 1 amide bonds. The van der Waals surface area contributed by atoms with Gasteiger partial charge in [0.2, 0.25) is 5.91 Å². The molecule has 1 N–H and O–H groups in total. The lowest BCUT2D eigenvalue weighted by Crippen LogP contribution is -2.49. The Morgan fingerprint density at radius 3 is 2.79 bits per heavy atom. The Morgan fingerprint density at radius 2 is 2.29 bits per heavy atom. The van der Waals surface area contributed by atoms with E-state index in [4.69, 9.17) is 5.11 Å². The molecule has 1 aliphatic rings. The third kappa shape index (κ3) is 2.47. The van der Waals surface area contributed by atoms with Gasteiger partial charge < -0.3 is 10.0 Å². The van der Waals surface area contributed by atoms with E-state index < -0.39 is 12.0 Å². The zero-order valence-electron chi connectivity index (χ0n) is 8.69. The molecule has 1 rings (SSSR count). The predicted octanol–water partition coefficient (Wildman–Crippen LogP) is 1.11. The van der Waals surface area contributed by atoms with Crippen LogP contribution in [0.15, 0.2) is 0 Å². The number of carbonyl (C=O) groups is 2. The van der Waals surface area contributed by atoms with Crippen LogP contribution in [0.1, 0.15) is 33.1 Å². The van der Waals surface area contributed by atoms with Crippen LogP contribution in [0.3, 0.4) is 0 Å². The third-order valence-corrected chi connectivity index (χ3v) is 2.41. The number of carboxylic acids is 1. The highest BCUT2D eigenvalue weighted by Gasteiger charge is 2.32. The van der Waals surface area contributed by atoms with Crippen LogP contribution < -0.4 is 0 Å². The van der Waals surface area contributed by atoms with Crippen LogP contribution in [-0.4, -0.2) is 34.5 Å². The van der Waals surface area contributed by atoms with E-state index in [1.807, 2.05) is 13.8 Å². The third-order valence-electron chi connectivity index (χ3n) is 2.41. The second kappa shape index (κ2) is 4.44. The molecule has 1 aliphatic heterocycles. The molecule has 1 fully saturated rings. The Kier molecular flexibility index (Phi) is 3.49. The Balaban J connectivity index is 2.70. The Hall–Kier alpha value is -1.06. The Labute approximate surface area is 83.9 Å². The lowest BCUT2D eigenvalue weighted by Gasteiger charge is -2.34. The van der Waals surface area contributed by atoms with E-state index in [1.54, 1.807) is 0 Å². The van der Waals surface area contributed by atoms with Crippen LogP contribution in [-0.2, 0) is 9.59 Å². The highest BCUT2D eigenvalue weighted by molar-refractivity contribution is 5.84. The van der Waals surface area contributed by atoms with Crippen LogP contribution >= 0.6 is 0 Å². The van der Waals surface area contributed by atoms with Gasteiger partial charge in [-0.15, -0.1) is 0 Å². The summed E-state index contributed by atoms with van der Waals surface area (Å²) >= 11 is 0. The fraction of sp³-hybridized carbons (Fsp3) is 0.800. The van der Waals surface area contributed by atoms with Gasteiger partial charge in [-0.05, 0) is 18.8 Å². The average Bonchev–Trinajstić information content (AvgIpc) is 2.07. The van der Waals surface area contributed by atoms with Crippen LogP contribution in [0.5, 0.6) is 0 Å². The van der Waals surface area contributed by atoms with E-state index in [2.05, 4.69) is 0 Å². The maximum absolute atomic E-state index is 11.5. The van der Waals surface area contributed by atoms with Gasteiger partial charge in [-0.1, -0.05) is 13.8 Å². The monoisotopic (exact) mass is 199 g/mol. The van der Waals surface area contributed by atoms with Gasteiger partial charge >= 0.3 is 5.97 Å². The number of carbonyl (C=O) groups excluding carboxylic acids is 1. The van der Waals surface area contributed by atoms with Crippen molar-refractivity contribution in [2.75, 3.05) is 6.54 Å². The van der Waals surface area contributed by atoms with Crippen LogP contribution in [0.4, 0.5) is 0 Å². The largest absolute Gasteiger partial charge is 0.480 e. The molecule has 1 atom stereocenters. The Bertz CT molecular complexity index is 238. The predicted molar refractivity (Wildman–Crippen MR) is 51.8 cm³/mol. The van der Waals surface area contributed by atoms with E-state index in [-0.39, 0.29) is 5.91 Å². The lowest BCUT2D eigenvalue weighted by atomic mass is 10.00. The minimum absolute atomic E-state index is 0.0163. The molecule has 80 valence electrons. The molecule has 4 heteroatoms. The minimum Gasteiger partial charge on any atom is -0.480 e. The topological polar surface area (TPSA) is 57.6 Å². The molecule has 0 aromatic carbocycles. The number of hydrogen-bond acceptors (Lipinski definition) is 2. The molecule has 0 aromatic rings.